The summed E-state index contributed by atoms with van der Waals surface area (Å²) in [6.07, 6.45) is 0. The van der Waals surface area contributed by atoms with E-state index in [1.807, 2.05) is 48.5 Å². The number of sulfonamides is 1. The highest BCUT2D eigenvalue weighted by Crippen LogP contribution is 2.31. The van der Waals surface area contributed by atoms with E-state index in [2.05, 4.69) is 36.5 Å². The molecule has 0 atom stereocenters. The van der Waals surface area contributed by atoms with Gasteiger partial charge in [-0.3, -0.25) is 4.79 Å². The summed E-state index contributed by atoms with van der Waals surface area (Å²) < 4.78 is 29.5. The summed E-state index contributed by atoms with van der Waals surface area (Å²) in [6.45, 7) is 5.31. The van der Waals surface area contributed by atoms with E-state index in [0.29, 0.717) is 24.3 Å². The molecule has 2 heterocycles. The van der Waals surface area contributed by atoms with E-state index in [9.17, 15) is 13.2 Å². The van der Waals surface area contributed by atoms with Gasteiger partial charge in [-0.05, 0) is 67.1 Å². The molecule has 0 bridgehead atoms. The van der Waals surface area contributed by atoms with E-state index in [-0.39, 0.29) is 10.8 Å². The minimum absolute atomic E-state index is 0.137. The fraction of sp³-hybridized carbons (Fsp3) is 0.188. The van der Waals surface area contributed by atoms with Gasteiger partial charge < -0.3 is 10.2 Å². The molecule has 2 N–H and O–H groups in total. The molecule has 208 valence electrons. The van der Waals surface area contributed by atoms with Gasteiger partial charge in [-0.1, -0.05) is 42.5 Å². The number of rotatable bonds is 7. The van der Waals surface area contributed by atoms with Crippen LogP contribution in [0.4, 0.5) is 5.69 Å². The summed E-state index contributed by atoms with van der Waals surface area (Å²) >= 11 is 1.64. The maximum atomic E-state index is 13.4. The lowest BCUT2D eigenvalue weighted by Crippen LogP contribution is -3.13. The summed E-state index contributed by atoms with van der Waals surface area (Å²) in [6, 6.07) is 30.3. The Hall–Kier alpha value is -3.89. The average Bonchev–Trinajstić information content (AvgIpc) is 3.42. The molecule has 1 aromatic heterocycles. The summed E-state index contributed by atoms with van der Waals surface area (Å²) in [5, 5.41) is 3.81. The van der Waals surface area contributed by atoms with Gasteiger partial charge in [0.05, 0.1) is 41.3 Å². The van der Waals surface area contributed by atoms with Crippen molar-refractivity contribution in [2.24, 2.45) is 0 Å². The normalized spacial score (nSPS) is 14.8. The fourth-order valence-corrected chi connectivity index (χ4v) is 7.66. The van der Waals surface area contributed by atoms with Crippen LogP contribution in [-0.4, -0.2) is 49.8 Å². The number of hydrogen-bond donors (Lipinski definition) is 2. The largest absolute Gasteiger partial charge is 0.329 e. The van der Waals surface area contributed by atoms with E-state index in [0.717, 1.165) is 40.4 Å². The number of benzene rings is 4. The number of aromatic nitrogens is 1. The number of aryl methyl sites for hydroxylation is 1. The Bertz CT molecular complexity index is 1790. The summed E-state index contributed by atoms with van der Waals surface area (Å²) in [5.74, 6) is -0.359. The van der Waals surface area contributed by atoms with Crippen LogP contribution in [0.1, 0.15) is 21.5 Å². The minimum atomic E-state index is -3.70. The first-order valence-corrected chi connectivity index (χ1v) is 15.9. The first-order valence-electron chi connectivity index (χ1n) is 13.6. The van der Waals surface area contributed by atoms with Crippen LogP contribution in [0.25, 0.3) is 20.8 Å². The van der Waals surface area contributed by atoms with Crippen LogP contribution in [0.15, 0.2) is 102 Å². The van der Waals surface area contributed by atoms with Gasteiger partial charge >= 0.3 is 0 Å². The van der Waals surface area contributed by atoms with Gasteiger partial charge in [-0.15, -0.1) is 11.3 Å². The second-order valence-corrected chi connectivity index (χ2v) is 13.3. The molecule has 0 spiro atoms. The van der Waals surface area contributed by atoms with E-state index in [4.69, 9.17) is 4.98 Å². The molecule has 6 rings (SSSR count). The van der Waals surface area contributed by atoms with Crippen molar-refractivity contribution in [2.75, 3.05) is 31.5 Å². The van der Waals surface area contributed by atoms with Gasteiger partial charge in [0, 0.05) is 22.4 Å². The molecule has 1 aliphatic heterocycles. The first kappa shape index (κ1) is 27.3. The third-order valence-corrected chi connectivity index (χ3v) is 10.4. The number of quaternary nitrogens is 1. The SMILES string of the molecule is Cc1ccc2nc(-c3ccc(NC(=O)c4cccc(S(=O)(=O)N5CC[NH+](Cc6ccccc6)CC5)c4)cc3)sc2c1. The number of carbonyl (C=O) groups excluding carboxylic acids is 1. The lowest BCUT2D eigenvalue weighted by atomic mass is 10.2. The van der Waals surface area contributed by atoms with Crippen LogP contribution in [0.3, 0.4) is 0 Å². The van der Waals surface area contributed by atoms with Gasteiger partial charge in [0.15, 0.2) is 0 Å². The number of nitrogens with zero attached hydrogens (tertiary/aromatic N) is 2. The minimum Gasteiger partial charge on any atom is -0.329 e. The molecule has 0 saturated carbocycles. The zero-order chi connectivity index (χ0) is 28.4. The van der Waals surface area contributed by atoms with Gasteiger partial charge in [0.2, 0.25) is 10.0 Å². The lowest BCUT2D eigenvalue weighted by Gasteiger charge is -2.31. The Morgan fingerprint density at radius 2 is 1.68 bits per heavy atom. The summed E-state index contributed by atoms with van der Waals surface area (Å²) in [5.41, 5.74) is 5.31. The number of anilines is 1. The Morgan fingerprint density at radius 1 is 0.927 bits per heavy atom. The average molecular weight is 584 g/mol. The molecule has 0 radical (unpaired) electrons. The molecule has 9 heteroatoms. The number of piperazine rings is 1. The summed E-state index contributed by atoms with van der Waals surface area (Å²) in [7, 11) is -3.70. The third kappa shape index (κ3) is 6.08. The predicted octanol–water partition coefficient (Wildman–Crippen LogP) is 4.61. The van der Waals surface area contributed by atoms with Crippen LogP contribution in [0, 0.1) is 6.92 Å². The molecule has 1 saturated heterocycles. The maximum absolute atomic E-state index is 13.4. The Balaban J connectivity index is 1.10. The molecular formula is C32H31N4O3S2+. The highest BCUT2D eigenvalue weighted by molar-refractivity contribution is 7.89. The number of thiazole rings is 1. The van der Waals surface area contributed by atoms with E-state index in [1.165, 1.54) is 26.4 Å². The van der Waals surface area contributed by atoms with Crippen LogP contribution in [0.2, 0.25) is 0 Å². The van der Waals surface area contributed by atoms with Crippen molar-refractivity contribution in [3.05, 3.63) is 114 Å². The van der Waals surface area contributed by atoms with E-state index < -0.39 is 10.0 Å². The molecule has 0 unspecified atom stereocenters. The highest BCUT2D eigenvalue weighted by atomic mass is 32.2. The Kier molecular flexibility index (Phi) is 7.68. The van der Waals surface area contributed by atoms with Gasteiger partial charge in [0.25, 0.3) is 5.91 Å². The van der Waals surface area contributed by atoms with Crippen molar-refractivity contribution in [2.45, 2.75) is 18.4 Å². The van der Waals surface area contributed by atoms with Crippen LogP contribution in [-0.2, 0) is 16.6 Å². The maximum Gasteiger partial charge on any atom is 0.255 e. The molecular weight excluding hydrogens is 553 g/mol. The standard InChI is InChI=1S/C32H30N4O3S2/c1-23-10-15-29-30(20-23)40-32(34-29)25-11-13-27(14-12-25)33-31(37)26-8-5-9-28(21-26)41(38,39)36-18-16-35(17-19-36)22-24-6-3-2-4-7-24/h2-15,20-21H,16-19,22H2,1H3,(H,33,37)/p+1. The van der Waals surface area contributed by atoms with Crippen molar-refractivity contribution < 1.29 is 18.1 Å². The first-order chi connectivity index (χ1) is 19.8. The van der Waals surface area contributed by atoms with Crippen LogP contribution >= 0.6 is 11.3 Å². The molecule has 1 aliphatic rings. The van der Waals surface area contributed by atoms with Crippen LogP contribution in [0.5, 0.6) is 0 Å². The molecule has 0 aliphatic carbocycles. The number of nitrogens with one attached hydrogen (secondary N) is 2. The Labute approximate surface area is 244 Å². The fourth-order valence-electron chi connectivity index (χ4n) is 5.11. The molecule has 1 amide bonds. The van der Waals surface area contributed by atoms with Crippen molar-refractivity contribution in [1.29, 1.82) is 0 Å². The Morgan fingerprint density at radius 3 is 2.44 bits per heavy atom. The molecule has 5 aromatic rings. The zero-order valence-corrected chi connectivity index (χ0v) is 24.3. The lowest BCUT2D eigenvalue weighted by molar-refractivity contribution is -0.917. The van der Waals surface area contributed by atoms with Crippen molar-refractivity contribution >= 4 is 43.2 Å². The van der Waals surface area contributed by atoms with Crippen molar-refractivity contribution in [3.8, 4) is 10.6 Å². The highest BCUT2D eigenvalue weighted by Gasteiger charge is 2.30. The molecule has 7 nitrogen and oxygen atoms in total. The number of amides is 1. The third-order valence-electron chi connectivity index (χ3n) is 7.39. The van der Waals surface area contributed by atoms with Gasteiger partial charge in [0.1, 0.15) is 11.6 Å². The smallest absolute Gasteiger partial charge is 0.255 e. The van der Waals surface area contributed by atoms with Gasteiger partial charge in [-0.25, -0.2) is 13.4 Å². The van der Waals surface area contributed by atoms with Crippen molar-refractivity contribution in [1.82, 2.24) is 9.29 Å². The quantitative estimate of drug-likeness (QED) is 0.293. The van der Waals surface area contributed by atoms with E-state index in [1.54, 1.807) is 29.5 Å². The molecule has 41 heavy (non-hydrogen) atoms. The molecule has 1 fully saturated rings. The second-order valence-electron chi connectivity index (χ2n) is 10.4. The second kappa shape index (κ2) is 11.5. The zero-order valence-electron chi connectivity index (χ0n) is 22.7. The topological polar surface area (TPSA) is 83.8 Å². The van der Waals surface area contributed by atoms with Gasteiger partial charge in [-0.2, -0.15) is 4.31 Å². The number of fused-ring (bicyclic) bond motifs is 1. The van der Waals surface area contributed by atoms with E-state index >= 15 is 0 Å². The predicted molar refractivity (Wildman–Crippen MR) is 164 cm³/mol. The number of hydrogen-bond acceptors (Lipinski definition) is 5. The number of carbonyl (C=O) groups is 1. The summed E-state index contributed by atoms with van der Waals surface area (Å²) in [4.78, 5) is 19.3. The van der Waals surface area contributed by atoms with Crippen LogP contribution < -0.4 is 10.2 Å². The molecule has 4 aromatic carbocycles. The monoisotopic (exact) mass is 583 g/mol. The van der Waals surface area contributed by atoms with Crippen molar-refractivity contribution in [3.63, 3.8) is 0 Å².